The molecule has 0 saturated heterocycles. The van der Waals surface area contributed by atoms with Gasteiger partial charge in [-0.3, -0.25) is 9.89 Å². The van der Waals surface area contributed by atoms with E-state index in [2.05, 4.69) is 15.5 Å². The smallest absolute Gasteiger partial charge is 0.262 e. The number of aromatic nitrogens is 2. The third-order valence-electron chi connectivity index (χ3n) is 2.96. The maximum absolute atomic E-state index is 13.6. The highest BCUT2D eigenvalue weighted by Gasteiger charge is 2.18. The van der Waals surface area contributed by atoms with Gasteiger partial charge in [0.25, 0.3) is 5.91 Å². The minimum Gasteiger partial charge on any atom is -0.507 e. The SMILES string of the molecule is O=C(Nc1ccc2[nH]ncc2c1)c1c(O)cc(F)cc1F. The molecular weight excluding hydrogens is 280 g/mol. The zero-order chi connectivity index (χ0) is 15.0. The van der Waals surface area contributed by atoms with Gasteiger partial charge in [-0.25, -0.2) is 8.78 Å². The number of aromatic amines is 1. The minimum atomic E-state index is -1.13. The molecule has 0 unspecified atom stereocenters. The summed E-state index contributed by atoms with van der Waals surface area (Å²) >= 11 is 0. The predicted molar refractivity (Wildman–Crippen MR) is 72.1 cm³/mol. The van der Waals surface area contributed by atoms with Crippen LogP contribution in [0.5, 0.6) is 5.75 Å². The van der Waals surface area contributed by atoms with Gasteiger partial charge >= 0.3 is 0 Å². The summed E-state index contributed by atoms with van der Waals surface area (Å²) in [4.78, 5) is 12.0. The van der Waals surface area contributed by atoms with Gasteiger partial charge in [-0.2, -0.15) is 5.10 Å². The average Bonchev–Trinajstić information content (AvgIpc) is 2.84. The normalized spacial score (nSPS) is 10.8. The van der Waals surface area contributed by atoms with Crippen molar-refractivity contribution in [3.8, 4) is 5.75 Å². The second kappa shape index (κ2) is 4.86. The molecule has 0 bridgehead atoms. The summed E-state index contributed by atoms with van der Waals surface area (Å²) in [5.74, 6) is -3.71. The number of aromatic hydroxyl groups is 1. The fourth-order valence-corrected chi connectivity index (χ4v) is 2.00. The average molecular weight is 289 g/mol. The van der Waals surface area contributed by atoms with Crippen LogP contribution in [-0.4, -0.2) is 21.2 Å². The van der Waals surface area contributed by atoms with Crippen molar-refractivity contribution >= 4 is 22.5 Å². The molecule has 1 amide bonds. The number of rotatable bonds is 2. The van der Waals surface area contributed by atoms with Gasteiger partial charge in [0.05, 0.1) is 11.7 Å². The first-order chi connectivity index (χ1) is 10.0. The Kier molecular flexibility index (Phi) is 3.02. The molecule has 106 valence electrons. The molecule has 7 heteroatoms. The van der Waals surface area contributed by atoms with E-state index in [9.17, 15) is 18.7 Å². The Labute approximate surface area is 117 Å². The van der Waals surface area contributed by atoms with Crippen molar-refractivity contribution in [1.29, 1.82) is 0 Å². The third-order valence-corrected chi connectivity index (χ3v) is 2.96. The van der Waals surface area contributed by atoms with E-state index in [1.807, 2.05) is 0 Å². The molecule has 21 heavy (non-hydrogen) atoms. The van der Waals surface area contributed by atoms with E-state index in [-0.39, 0.29) is 0 Å². The van der Waals surface area contributed by atoms with Gasteiger partial charge in [-0.05, 0) is 18.2 Å². The lowest BCUT2D eigenvalue weighted by atomic mass is 10.1. The number of fused-ring (bicyclic) bond motifs is 1. The number of H-pyrrole nitrogens is 1. The van der Waals surface area contributed by atoms with Crippen LogP contribution in [0.15, 0.2) is 36.5 Å². The second-order valence-corrected chi connectivity index (χ2v) is 4.41. The number of benzene rings is 2. The Balaban J connectivity index is 1.92. The first-order valence-corrected chi connectivity index (χ1v) is 5.97. The van der Waals surface area contributed by atoms with Crippen LogP contribution in [-0.2, 0) is 0 Å². The van der Waals surface area contributed by atoms with E-state index < -0.39 is 28.9 Å². The number of nitrogens with one attached hydrogen (secondary N) is 2. The molecule has 0 aliphatic carbocycles. The maximum Gasteiger partial charge on any atom is 0.262 e. The molecule has 1 heterocycles. The number of amides is 1. The molecule has 3 rings (SSSR count). The number of nitrogens with zero attached hydrogens (tertiary/aromatic N) is 1. The van der Waals surface area contributed by atoms with Crippen molar-refractivity contribution in [1.82, 2.24) is 10.2 Å². The predicted octanol–water partition coefficient (Wildman–Crippen LogP) is 2.80. The van der Waals surface area contributed by atoms with Crippen molar-refractivity contribution in [2.75, 3.05) is 5.32 Å². The molecule has 0 aliphatic rings. The van der Waals surface area contributed by atoms with Gasteiger partial charge in [-0.15, -0.1) is 0 Å². The van der Waals surface area contributed by atoms with Crippen LogP contribution in [0.25, 0.3) is 10.9 Å². The van der Waals surface area contributed by atoms with E-state index in [1.54, 1.807) is 24.4 Å². The molecule has 5 nitrogen and oxygen atoms in total. The first-order valence-electron chi connectivity index (χ1n) is 5.97. The van der Waals surface area contributed by atoms with E-state index in [4.69, 9.17) is 0 Å². The monoisotopic (exact) mass is 289 g/mol. The van der Waals surface area contributed by atoms with Gasteiger partial charge < -0.3 is 10.4 Å². The molecule has 3 aromatic rings. The molecule has 0 fully saturated rings. The molecule has 1 aromatic heterocycles. The quantitative estimate of drug-likeness (QED) is 0.679. The molecule has 0 aliphatic heterocycles. The summed E-state index contributed by atoms with van der Waals surface area (Å²) in [5, 5.41) is 19.3. The van der Waals surface area contributed by atoms with Crippen LogP contribution in [0.3, 0.4) is 0 Å². The van der Waals surface area contributed by atoms with Crippen LogP contribution < -0.4 is 5.32 Å². The van der Waals surface area contributed by atoms with Crippen LogP contribution in [0.1, 0.15) is 10.4 Å². The zero-order valence-corrected chi connectivity index (χ0v) is 10.5. The number of hydrogen-bond acceptors (Lipinski definition) is 3. The van der Waals surface area contributed by atoms with Crippen molar-refractivity contribution < 1.29 is 18.7 Å². The summed E-state index contributed by atoms with van der Waals surface area (Å²) in [5.41, 5.74) is 0.574. The van der Waals surface area contributed by atoms with Crippen LogP contribution in [0.2, 0.25) is 0 Å². The number of phenols is 1. The molecule has 0 saturated carbocycles. The van der Waals surface area contributed by atoms with E-state index in [0.29, 0.717) is 17.8 Å². The van der Waals surface area contributed by atoms with Crippen LogP contribution in [0, 0.1) is 11.6 Å². The highest BCUT2D eigenvalue weighted by molar-refractivity contribution is 6.07. The Morgan fingerprint density at radius 2 is 2.05 bits per heavy atom. The lowest BCUT2D eigenvalue weighted by Crippen LogP contribution is -2.14. The number of halogens is 2. The Morgan fingerprint density at radius 1 is 1.24 bits per heavy atom. The Morgan fingerprint density at radius 3 is 2.81 bits per heavy atom. The van der Waals surface area contributed by atoms with Gasteiger partial charge in [0, 0.05) is 23.2 Å². The van der Waals surface area contributed by atoms with Crippen LogP contribution in [0.4, 0.5) is 14.5 Å². The summed E-state index contributed by atoms with van der Waals surface area (Å²) in [6, 6.07) is 6.14. The van der Waals surface area contributed by atoms with Crippen LogP contribution >= 0.6 is 0 Å². The fraction of sp³-hybridized carbons (Fsp3) is 0. The Hall–Kier alpha value is -2.96. The van der Waals surface area contributed by atoms with Gasteiger partial charge in [0.15, 0.2) is 0 Å². The second-order valence-electron chi connectivity index (χ2n) is 4.41. The number of hydrogen-bond donors (Lipinski definition) is 3. The lowest BCUT2D eigenvalue weighted by molar-refractivity contribution is 0.102. The lowest BCUT2D eigenvalue weighted by Gasteiger charge is -2.08. The minimum absolute atomic E-state index is 0.400. The summed E-state index contributed by atoms with van der Waals surface area (Å²) in [6.07, 6.45) is 1.57. The molecule has 0 atom stereocenters. The number of carbonyl (C=O) groups excluding carboxylic acids is 1. The van der Waals surface area contributed by atoms with Crippen molar-refractivity contribution in [3.05, 3.63) is 53.7 Å². The Bertz CT molecular complexity index is 822. The molecule has 2 aromatic carbocycles. The highest BCUT2D eigenvalue weighted by Crippen LogP contribution is 2.24. The standard InChI is InChI=1S/C14H9F2N3O2/c15-8-4-10(16)13(12(20)5-8)14(21)18-9-1-2-11-7(3-9)6-17-19-11/h1-6,20H,(H,17,19)(H,18,21). The molecule has 3 N–H and O–H groups in total. The fourth-order valence-electron chi connectivity index (χ4n) is 2.00. The third kappa shape index (κ3) is 2.40. The molecule has 0 radical (unpaired) electrons. The zero-order valence-electron chi connectivity index (χ0n) is 10.5. The maximum atomic E-state index is 13.6. The number of carbonyl (C=O) groups is 1. The molecular formula is C14H9F2N3O2. The summed E-state index contributed by atoms with van der Waals surface area (Å²) < 4.78 is 26.5. The van der Waals surface area contributed by atoms with Gasteiger partial charge in [-0.1, -0.05) is 0 Å². The number of phenolic OH excluding ortho intramolecular Hbond substituents is 1. The van der Waals surface area contributed by atoms with Crippen molar-refractivity contribution in [2.45, 2.75) is 0 Å². The highest BCUT2D eigenvalue weighted by atomic mass is 19.1. The van der Waals surface area contributed by atoms with Gasteiger partial charge in [0.2, 0.25) is 0 Å². The van der Waals surface area contributed by atoms with E-state index >= 15 is 0 Å². The summed E-state index contributed by atoms with van der Waals surface area (Å²) in [7, 11) is 0. The van der Waals surface area contributed by atoms with E-state index in [0.717, 1.165) is 10.9 Å². The number of anilines is 1. The first kappa shape index (κ1) is 13.0. The van der Waals surface area contributed by atoms with Crippen molar-refractivity contribution in [2.24, 2.45) is 0 Å². The topological polar surface area (TPSA) is 78.0 Å². The van der Waals surface area contributed by atoms with Crippen molar-refractivity contribution in [3.63, 3.8) is 0 Å². The van der Waals surface area contributed by atoms with E-state index in [1.165, 1.54) is 0 Å². The molecule has 0 spiro atoms. The van der Waals surface area contributed by atoms with Gasteiger partial charge in [0.1, 0.15) is 22.9 Å². The largest absolute Gasteiger partial charge is 0.507 e. The summed E-state index contributed by atoms with van der Waals surface area (Å²) in [6.45, 7) is 0.